The van der Waals surface area contributed by atoms with Crippen molar-refractivity contribution in [2.24, 2.45) is 0 Å². The van der Waals surface area contributed by atoms with Crippen LogP contribution in [0.3, 0.4) is 0 Å². The van der Waals surface area contributed by atoms with Crippen LogP contribution in [-0.4, -0.2) is 39.5 Å². The molecule has 0 aliphatic heterocycles. The van der Waals surface area contributed by atoms with Gasteiger partial charge in [-0.15, -0.1) is 11.8 Å². The Morgan fingerprint density at radius 3 is 2.27 bits per heavy atom. The lowest BCUT2D eigenvalue weighted by molar-refractivity contribution is -0.384. The quantitative estimate of drug-likeness (QED) is 0.172. The maximum atomic E-state index is 13.8. The van der Waals surface area contributed by atoms with Gasteiger partial charge in [-0.25, -0.2) is 0 Å². The van der Waals surface area contributed by atoms with Crippen LogP contribution in [0.5, 0.6) is 0 Å². The maximum Gasteiger partial charge on any atom is 0.269 e. The van der Waals surface area contributed by atoms with E-state index in [1.165, 1.54) is 30.3 Å². The highest BCUT2D eigenvalue weighted by Gasteiger charge is 2.32. The van der Waals surface area contributed by atoms with Crippen molar-refractivity contribution in [3.63, 3.8) is 0 Å². The van der Waals surface area contributed by atoms with Crippen molar-refractivity contribution in [3.05, 3.63) is 110 Å². The van der Waals surface area contributed by atoms with Gasteiger partial charge in [-0.1, -0.05) is 91.0 Å². The number of nitrogens with zero attached hydrogens (tertiary/aromatic N) is 2. The molecule has 7 nitrogen and oxygen atoms in total. The van der Waals surface area contributed by atoms with Crippen molar-refractivity contribution < 1.29 is 14.5 Å². The standard InChI is InChI=1S/C31H33Cl2N3O4S/c32-27-16-13-24(17-28(27)33)19-35(30(37)21-41-20-23-11-14-26(15-12-23)36(39)40)29(18-22-7-3-1-4-8-22)31(38)34-25-9-5-2-6-10-25/h1,3-4,7-8,11-17,25,29H,2,5-6,9-10,18-21H2,(H,34,38)/t29-/m1/s1. The van der Waals surface area contributed by atoms with Crippen molar-refractivity contribution in [2.75, 3.05) is 5.75 Å². The van der Waals surface area contributed by atoms with Crippen molar-refractivity contribution in [1.82, 2.24) is 10.2 Å². The van der Waals surface area contributed by atoms with Gasteiger partial charge >= 0.3 is 0 Å². The zero-order chi connectivity index (χ0) is 29.2. The molecule has 0 heterocycles. The fourth-order valence-electron chi connectivity index (χ4n) is 4.99. The van der Waals surface area contributed by atoms with Crippen LogP contribution in [0.25, 0.3) is 0 Å². The van der Waals surface area contributed by atoms with Gasteiger partial charge in [0.15, 0.2) is 0 Å². The molecular weight excluding hydrogens is 581 g/mol. The van der Waals surface area contributed by atoms with Crippen LogP contribution in [0.2, 0.25) is 10.0 Å². The van der Waals surface area contributed by atoms with Gasteiger partial charge in [-0.05, 0) is 41.7 Å². The predicted octanol–water partition coefficient (Wildman–Crippen LogP) is 7.22. The topological polar surface area (TPSA) is 92.6 Å². The summed E-state index contributed by atoms with van der Waals surface area (Å²) in [7, 11) is 0. The molecule has 2 amide bonds. The number of nitro groups is 1. The van der Waals surface area contributed by atoms with Gasteiger partial charge in [0.05, 0.1) is 20.7 Å². The second-order valence-corrected chi connectivity index (χ2v) is 12.0. The number of carbonyl (C=O) groups excluding carboxylic acids is 2. The zero-order valence-corrected chi connectivity index (χ0v) is 25.0. The molecule has 10 heteroatoms. The van der Waals surface area contributed by atoms with Crippen molar-refractivity contribution in [3.8, 4) is 0 Å². The average Bonchev–Trinajstić information content (AvgIpc) is 2.98. The molecule has 1 saturated carbocycles. The summed E-state index contributed by atoms with van der Waals surface area (Å²) in [6.45, 7) is 0.198. The van der Waals surface area contributed by atoms with Crippen LogP contribution in [0.4, 0.5) is 5.69 Å². The minimum Gasteiger partial charge on any atom is -0.352 e. The Morgan fingerprint density at radius 1 is 0.927 bits per heavy atom. The summed E-state index contributed by atoms with van der Waals surface area (Å²) in [4.78, 5) is 39.8. The van der Waals surface area contributed by atoms with Gasteiger partial charge in [0.2, 0.25) is 11.8 Å². The monoisotopic (exact) mass is 613 g/mol. The summed E-state index contributed by atoms with van der Waals surface area (Å²) < 4.78 is 0. The zero-order valence-electron chi connectivity index (χ0n) is 22.6. The van der Waals surface area contributed by atoms with E-state index < -0.39 is 11.0 Å². The molecule has 1 aliphatic carbocycles. The molecule has 3 aromatic carbocycles. The summed E-state index contributed by atoms with van der Waals surface area (Å²) in [6.07, 6.45) is 5.59. The van der Waals surface area contributed by atoms with Crippen molar-refractivity contribution in [2.45, 2.75) is 62.9 Å². The molecule has 1 fully saturated rings. The van der Waals surface area contributed by atoms with Crippen LogP contribution < -0.4 is 5.32 Å². The van der Waals surface area contributed by atoms with E-state index in [-0.39, 0.29) is 35.8 Å². The van der Waals surface area contributed by atoms with Crippen LogP contribution >= 0.6 is 35.0 Å². The normalized spacial score (nSPS) is 14.3. The van der Waals surface area contributed by atoms with Gasteiger partial charge in [0.25, 0.3) is 5.69 Å². The lowest BCUT2D eigenvalue weighted by Gasteiger charge is -2.33. The third-order valence-corrected chi connectivity index (χ3v) is 8.93. The number of nitro benzene ring substituents is 1. The van der Waals surface area contributed by atoms with E-state index in [0.29, 0.717) is 22.2 Å². The Labute approximate surface area is 254 Å². The number of hydrogen-bond acceptors (Lipinski definition) is 5. The first-order chi connectivity index (χ1) is 19.8. The molecule has 0 unspecified atom stereocenters. The van der Waals surface area contributed by atoms with E-state index in [1.807, 2.05) is 36.4 Å². The highest BCUT2D eigenvalue weighted by Crippen LogP contribution is 2.26. The lowest BCUT2D eigenvalue weighted by atomic mass is 9.94. The lowest BCUT2D eigenvalue weighted by Crippen LogP contribution is -2.53. The molecule has 41 heavy (non-hydrogen) atoms. The molecule has 0 saturated heterocycles. The number of halogens is 2. The van der Waals surface area contributed by atoms with Crippen molar-refractivity contribution >= 4 is 52.5 Å². The highest BCUT2D eigenvalue weighted by molar-refractivity contribution is 7.99. The molecule has 4 rings (SSSR count). The third-order valence-electron chi connectivity index (χ3n) is 7.20. The molecule has 3 aromatic rings. The van der Waals surface area contributed by atoms with Crippen LogP contribution in [0, 0.1) is 10.1 Å². The average molecular weight is 615 g/mol. The first kappa shape index (κ1) is 30.9. The number of nitrogens with one attached hydrogen (secondary N) is 1. The Balaban J connectivity index is 1.56. The van der Waals surface area contributed by atoms with Gasteiger partial charge in [-0.2, -0.15) is 0 Å². The van der Waals surface area contributed by atoms with E-state index in [1.54, 1.807) is 29.2 Å². The number of rotatable bonds is 12. The minimum absolute atomic E-state index is 0.0235. The Kier molecular flexibility index (Phi) is 11.5. The minimum atomic E-state index is -0.721. The number of carbonyl (C=O) groups is 2. The molecule has 0 spiro atoms. The van der Waals surface area contributed by atoms with Gasteiger partial charge in [0.1, 0.15) is 6.04 Å². The molecule has 0 aromatic heterocycles. The number of benzene rings is 3. The Morgan fingerprint density at radius 2 is 1.61 bits per heavy atom. The third kappa shape index (κ3) is 9.21. The number of non-ortho nitro benzene ring substituents is 1. The molecule has 0 bridgehead atoms. The molecule has 1 aliphatic rings. The van der Waals surface area contributed by atoms with E-state index in [2.05, 4.69) is 5.32 Å². The predicted molar refractivity (Wildman–Crippen MR) is 165 cm³/mol. The second-order valence-electron chi connectivity index (χ2n) is 10.2. The number of hydrogen-bond donors (Lipinski definition) is 1. The van der Waals surface area contributed by atoms with E-state index in [4.69, 9.17) is 23.2 Å². The number of thioether (sulfide) groups is 1. The Bertz CT molecular complexity index is 1330. The summed E-state index contributed by atoms with van der Waals surface area (Å²) in [5, 5.41) is 15.0. The number of amides is 2. The van der Waals surface area contributed by atoms with Crippen LogP contribution in [0.1, 0.15) is 48.8 Å². The first-order valence-electron chi connectivity index (χ1n) is 13.7. The first-order valence-corrected chi connectivity index (χ1v) is 15.6. The molecular formula is C31H33Cl2N3O4S. The smallest absolute Gasteiger partial charge is 0.269 e. The van der Waals surface area contributed by atoms with Gasteiger partial charge in [-0.3, -0.25) is 19.7 Å². The highest BCUT2D eigenvalue weighted by atomic mass is 35.5. The van der Waals surface area contributed by atoms with Gasteiger partial charge in [0, 0.05) is 36.9 Å². The van der Waals surface area contributed by atoms with E-state index >= 15 is 0 Å². The van der Waals surface area contributed by atoms with Gasteiger partial charge < -0.3 is 10.2 Å². The fraction of sp³-hybridized carbons (Fsp3) is 0.355. The molecule has 0 radical (unpaired) electrons. The van der Waals surface area contributed by atoms with Crippen molar-refractivity contribution in [1.29, 1.82) is 0 Å². The summed E-state index contributed by atoms with van der Waals surface area (Å²) in [5.41, 5.74) is 2.63. The molecule has 216 valence electrons. The second kappa shape index (κ2) is 15.2. The largest absolute Gasteiger partial charge is 0.352 e. The maximum absolute atomic E-state index is 13.8. The SMILES string of the molecule is O=C(NC1CCCCC1)[C@@H](Cc1ccccc1)N(Cc1ccc(Cl)c(Cl)c1)C(=O)CSCc1ccc([N+](=O)[O-])cc1. The van der Waals surface area contributed by atoms with E-state index in [0.717, 1.165) is 42.4 Å². The summed E-state index contributed by atoms with van der Waals surface area (Å²) in [6, 6.07) is 20.6. The van der Waals surface area contributed by atoms with Crippen LogP contribution in [-0.2, 0) is 28.3 Å². The summed E-state index contributed by atoms with van der Waals surface area (Å²) >= 11 is 13.8. The fourth-order valence-corrected chi connectivity index (χ4v) is 6.18. The molecule has 1 N–H and O–H groups in total. The molecule has 1 atom stereocenters. The Hall–Kier alpha value is -3.07. The van der Waals surface area contributed by atoms with E-state index in [9.17, 15) is 19.7 Å². The van der Waals surface area contributed by atoms with Crippen LogP contribution in [0.15, 0.2) is 72.8 Å². The summed E-state index contributed by atoms with van der Waals surface area (Å²) in [5.74, 6) is 0.305.